The minimum absolute atomic E-state index is 0.698. The number of nitrogens with zero attached hydrogens (tertiary/aromatic N) is 1. The number of rotatable bonds is 4. The van der Waals surface area contributed by atoms with Gasteiger partial charge in [-0.1, -0.05) is 0 Å². The summed E-state index contributed by atoms with van der Waals surface area (Å²) < 4.78 is 6.18. The zero-order valence-electron chi connectivity index (χ0n) is 7.99. The van der Waals surface area contributed by atoms with Crippen molar-refractivity contribution in [2.75, 3.05) is 25.6 Å². The van der Waals surface area contributed by atoms with Gasteiger partial charge in [0.2, 0.25) is 0 Å². The van der Waals surface area contributed by atoms with Gasteiger partial charge in [-0.25, -0.2) is 4.98 Å². The van der Waals surface area contributed by atoms with Crippen molar-refractivity contribution < 1.29 is 4.74 Å². The molecule has 0 spiro atoms. The predicted octanol–water partition coefficient (Wildman–Crippen LogP) is 2.35. The van der Waals surface area contributed by atoms with Crippen LogP contribution in [0.3, 0.4) is 0 Å². The number of anilines is 1. The maximum atomic E-state index is 4.97. The molecular weight excluding hydrogens is 196 g/mol. The summed E-state index contributed by atoms with van der Waals surface area (Å²) >= 11 is 1.71. The summed E-state index contributed by atoms with van der Waals surface area (Å²) in [7, 11) is 1.70. The van der Waals surface area contributed by atoms with Crippen molar-refractivity contribution in [3.63, 3.8) is 0 Å². The Kier molecular flexibility index (Phi) is 2.96. The molecule has 74 valence electrons. The molecule has 1 N–H and O–H groups in total. The van der Waals surface area contributed by atoms with Gasteiger partial charge in [-0.15, -0.1) is 11.3 Å². The van der Waals surface area contributed by atoms with Crippen molar-refractivity contribution >= 4 is 27.2 Å². The smallest absolute Gasteiger partial charge is 0.144 e. The molecule has 2 rings (SSSR count). The fourth-order valence-electron chi connectivity index (χ4n) is 1.29. The Labute approximate surface area is 86.7 Å². The van der Waals surface area contributed by atoms with Crippen molar-refractivity contribution in [1.29, 1.82) is 0 Å². The van der Waals surface area contributed by atoms with Gasteiger partial charge in [-0.3, -0.25) is 0 Å². The average molecular weight is 208 g/mol. The van der Waals surface area contributed by atoms with E-state index in [-0.39, 0.29) is 0 Å². The topological polar surface area (TPSA) is 34.1 Å². The van der Waals surface area contributed by atoms with Crippen LogP contribution in [0.5, 0.6) is 0 Å². The monoisotopic (exact) mass is 208 g/mol. The molecule has 0 unspecified atom stereocenters. The minimum atomic E-state index is 0.698. The standard InChI is InChI=1S/C10H12N2OS/c1-13-6-5-12-10-9-8(2-4-11-10)3-7-14-9/h2-4,7H,5-6H2,1H3,(H,11,12). The first-order valence-corrected chi connectivity index (χ1v) is 5.35. The Morgan fingerprint density at radius 2 is 2.43 bits per heavy atom. The molecule has 0 saturated carbocycles. The summed E-state index contributed by atoms with van der Waals surface area (Å²) in [5.74, 6) is 0.953. The van der Waals surface area contributed by atoms with Gasteiger partial charge < -0.3 is 10.1 Å². The molecule has 0 aliphatic carbocycles. The van der Waals surface area contributed by atoms with Crippen molar-refractivity contribution in [1.82, 2.24) is 4.98 Å². The van der Waals surface area contributed by atoms with Crippen LogP contribution in [0.1, 0.15) is 0 Å². The third kappa shape index (κ3) is 1.86. The van der Waals surface area contributed by atoms with Gasteiger partial charge in [0.15, 0.2) is 0 Å². The van der Waals surface area contributed by atoms with E-state index >= 15 is 0 Å². The molecule has 0 radical (unpaired) electrons. The Bertz CT molecular complexity index is 413. The zero-order chi connectivity index (χ0) is 9.80. The molecule has 0 fully saturated rings. The van der Waals surface area contributed by atoms with E-state index in [0.717, 1.165) is 12.4 Å². The zero-order valence-corrected chi connectivity index (χ0v) is 8.80. The van der Waals surface area contributed by atoms with Crippen LogP contribution in [0.4, 0.5) is 5.82 Å². The highest BCUT2D eigenvalue weighted by Gasteiger charge is 2.01. The third-order valence-corrected chi connectivity index (χ3v) is 2.90. The van der Waals surface area contributed by atoms with Gasteiger partial charge in [-0.05, 0) is 22.9 Å². The maximum absolute atomic E-state index is 4.97. The summed E-state index contributed by atoms with van der Waals surface area (Å²) in [6.45, 7) is 1.49. The molecule has 2 aromatic heterocycles. The second kappa shape index (κ2) is 4.39. The van der Waals surface area contributed by atoms with E-state index in [1.165, 1.54) is 10.1 Å². The van der Waals surface area contributed by atoms with E-state index in [4.69, 9.17) is 4.74 Å². The van der Waals surface area contributed by atoms with E-state index in [9.17, 15) is 0 Å². The van der Waals surface area contributed by atoms with Crippen LogP contribution in [0.25, 0.3) is 10.1 Å². The van der Waals surface area contributed by atoms with Gasteiger partial charge in [0.05, 0.1) is 11.3 Å². The number of nitrogens with one attached hydrogen (secondary N) is 1. The number of thiophene rings is 1. The molecule has 2 heterocycles. The van der Waals surface area contributed by atoms with Gasteiger partial charge in [0.1, 0.15) is 5.82 Å². The highest BCUT2D eigenvalue weighted by molar-refractivity contribution is 7.17. The predicted molar refractivity (Wildman–Crippen MR) is 60.0 cm³/mol. The molecule has 0 bridgehead atoms. The quantitative estimate of drug-likeness (QED) is 0.783. The van der Waals surface area contributed by atoms with Crippen LogP contribution in [0, 0.1) is 0 Å². The van der Waals surface area contributed by atoms with Gasteiger partial charge in [0, 0.05) is 19.9 Å². The third-order valence-electron chi connectivity index (χ3n) is 1.97. The van der Waals surface area contributed by atoms with Gasteiger partial charge >= 0.3 is 0 Å². The van der Waals surface area contributed by atoms with Crippen LogP contribution in [0.15, 0.2) is 23.7 Å². The summed E-state index contributed by atoms with van der Waals surface area (Å²) in [6, 6.07) is 4.12. The van der Waals surface area contributed by atoms with Crippen molar-refractivity contribution in [3.05, 3.63) is 23.7 Å². The lowest BCUT2D eigenvalue weighted by atomic mass is 10.3. The van der Waals surface area contributed by atoms with E-state index in [2.05, 4.69) is 21.7 Å². The van der Waals surface area contributed by atoms with Gasteiger partial charge in [-0.2, -0.15) is 0 Å². The number of pyridine rings is 1. The number of ether oxygens (including phenoxy) is 1. The first-order chi connectivity index (χ1) is 6.92. The number of hydrogen-bond acceptors (Lipinski definition) is 4. The first kappa shape index (κ1) is 9.43. The van der Waals surface area contributed by atoms with Crippen molar-refractivity contribution in [2.45, 2.75) is 0 Å². The highest BCUT2D eigenvalue weighted by Crippen LogP contribution is 2.26. The molecule has 0 amide bonds. The summed E-state index contributed by atoms with van der Waals surface area (Å²) in [5.41, 5.74) is 0. The molecule has 0 saturated heterocycles. The number of aromatic nitrogens is 1. The van der Waals surface area contributed by atoms with Gasteiger partial charge in [0.25, 0.3) is 0 Å². The lowest BCUT2D eigenvalue weighted by Crippen LogP contribution is -2.08. The summed E-state index contributed by atoms with van der Waals surface area (Å²) in [5, 5.41) is 6.57. The van der Waals surface area contributed by atoms with E-state index < -0.39 is 0 Å². The molecule has 0 aliphatic heterocycles. The Morgan fingerprint density at radius 1 is 1.50 bits per heavy atom. The molecular formula is C10H12N2OS. The van der Waals surface area contributed by atoms with E-state index in [1.54, 1.807) is 18.4 Å². The molecule has 0 aromatic carbocycles. The second-order valence-electron chi connectivity index (χ2n) is 2.92. The average Bonchev–Trinajstić information content (AvgIpc) is 2.67. The Hall–Kier alpha value is -1.13. The number of fused-ring (bicyclic) bond motifs is 1. The fraction of sp³-hybridized carbons (Fsp3) is 0.300. The molecule has 0 aliphatic rings. The molecule has 3 nitrogen and oxygen atoms in total. The SMILES string of the molecule is COCCNc1nccc2ccsc12. The van der Waals surface area contributed by atoms with E-state index in [1.807, 2.05) is 12.3 Å². The normalized spacial score (nSPS) is 10.6. The molecule has 14 heavy (non-hydrogen) atoms. The second-order valence-corrected chi connectivity index (χ2v) is 3.83. The summed E-state index contributed by atoms with van der Waals surface area (Å²) in [6.07, 6.45) is 1.82. The Morgan fingerprint density at radius 3 is 3.29 bits per heavy atom. The Balaban J connectivity index is 2.19. The van der Waals surface area contributed by atoms with Crippen LogP contribution < -0.4 is 5.32 Å². The fourth-order valence-corrected chi connectivity index (χ4v) is 2.15. The highest BCUT2D eigenvalue weighted by atomic mass is 32.1. The molecule has 0 atom stereocenters. The number of methoxy groups -OCH3 is 1. The van der Waals surface area contributed by atoms with Crippen LogP contribution in [0.2, 0.25) is 0 Å². The maximum Gasteiger partial charge on any atom is 0.144 e. The lowest BCUT2D eigenvalue weighted by Gasteiger charge is -2.04. The first-order valence-electron chi connectivity index (χ1n) is 4.47. The number of hydrogen-bond donors (Lipinski definition) is 1. The molecule has 2 aromatic rings. The van der Waals surface area contributed by atoms with Crippen LogP contribution in [-0.4, -0.2) is 25.2 Å². The van der Waals surface area contributed by atoms with E-state index in [0.29, 0.717) is 6.61 Å². The van der Waals surface area contributed by atoms with Crippen LogP contribution >= 0.6 is 11.3 Å². The minimum Gasteiger partial charge on any atom is -0.383 e. The molecule has 4 heteroatoms. The van der Waals surface area contributed by atoms with Crippen molar-refractivity contribution in [3.8, 4) is 0 Å². The lowest BCUT2D eigenvalue weighted by molar-refractivity contribution is 0.210. The summed E-state index contributed by atoms with van der Waals surface area (Å²) in [4.78, 5) is 4.29. The van der Waals surface area contributed by atoms with Crippen LogP contribution in [-0.2, 0) is 4.74 Å². The largest absolute Gasteiger partial charge is 0.383 e. The van der Waals surface area contributed by atoms with Crippen molar-refractivity contribution in [2.24, 2.45) is 0 Å².